The van der Waals surface area contributed by atoms with Crippen molar-refractivity contribution in [3.8, 4) is 5.75 Å². The Bertz CT molecular complexity index is 1350. The zero-order valence-electron chi connectivity index (χ0n) is 19.5. The summed E-state index contributed by atoms with van der Waals surface area (Å²) in [5.74, 6) is -0.772. The van der Waals surface area contributed by atoms with Gasteiger partial charge in [0.2, 0.25) is 0 Å². The lowest BCUT2D eigenvalue weighted by molar-refractivity contribution is -0.120. The first-order valence-electron chi connectivity index (χ1n) is 11.1. The number of imide groups is 1. The molecule has 2 N–H and O–H groups in total. The molecule has 1 heterocycles. The first kappa shape index (κ1) is 24.0. The maximum atomic E-state index is 13.1. The molecule has 0 atom stereocenters. The molecule has 1 aliphatic heterocycles. The molecule has 0 fully saturated rings. The number of rotatable bonds is 7. The highest BCUT2D eigenvalue weighted by molar-refractivity contribution is 6.53. The molecule has 3 aromatic carbocycles. The van der Waals surface area contributed by atoms with Crippen LogP contribution in [0.2, 0.25) is 0 Å². The van der Waals surface area contributed by atoms with E-state index in [-0.39, 0.29) is 16.6 Å². The van der Waals surface area contributed by atoms with Crippen molar-refractivity contribution in [2.24, 2.45) is 0 Å². The molecule has 3 amide bonds. The van der Waals surface area contributed by atoms with Gasteiger partial charge in [-0.05, 0) is 80.4 Å². The highest BCUT2D eigenvalue weighted by atomic mass is 35.5. The Morgan fingerprint density at radius 1 is 0.943 bits per heavy atom. The van der Waals surface area contributed by atoms with E-state index in [9.17, 15) is 14.4 Å². The van der Waals surface area contributed by atoms with Crippen LogP contribution < -0.4 is 20.3 Å². The first-order valence-corrected chi connectivity index (χ1v) is 11.4. The minimum Gasteiger partial charge on any atom is -0.494 e. The number of aryl methyl sites for hydroxylation is 2. The maximum Gasteiger partial charge on any atom is 0.283 e. The standard InChI is InChI=1S/C27H24ClN3O4/c1-4-35-21-12-10-19(11-13-21)30-25(32)18-6-5-7-20(15-18)29-24-23(28)26(33)31(27(24)34)22-14-16(2)8-9-17(22)3/h5-15,29H,4H2,1-3H3,(H,30,32). The number of nitrogens with one attached hydrogen (secondary N) is 2. The third-order valence-corrected chi connectivity index (χ3v) is 5.80. The Hall–Kier alpha value is -4.10. The highest BCUT2D eigenvalue weighted by Gasteiger charge is 2.39. The summed E-state index contributed by atoms with van der Waals surface area (Å²) in [6.45, 7) is 6.16. The Balaban J connectivity index is 1.52. The SMILES string of the molecule is CCOc1ccc(NC(=O)c2cccc(NC3=C(Cl)C(=O)N(c4cc(C)ccc4C)C3=O)c2)cc1. The number of carbonyl (C=O) groups excluding carboxylic acids is 3. The fraction of sp³-hybridized carbons (Fsp3) is 0.148. The minimum absolute atomic E-state index is 0.0401. The molecule has 4 rings (SSSR count). The van der Waals surface area contributed by atoms with Crippen LogP contribution in [-0.2, 0) is 9.59 Å². The molecule has 0 saturated carbocycles. The number of amides is 3. The van der Waals surface area contributed by atoms with E-state index < -0.39 is 11.8 Å². The van der Waals surface area contributed by atoms with Crippen molar-refractivity contribution in [3.63, 3.8) is 0 Å². The molecule has 0 aromatic heterocycles. The van der Waals surface area contributed by atoms with Crippen molar-refractivity contribution in [2.45, 2.75) is 20.8 Å². The van der Waals surface area contributed by atoms with E-state index in [2.05, 4.69) is 10.6 Å². The number of anilines is 3. The van der Waals surface area contributed by atoms with Gasteiger partial charge in [-0.25, -0.2) is 4.90 Å². The van der Waals surface area contributed by atoms with Crippen LogP contribution in [0, 0.1) is 13.8 Å². The molecule has 0 bridgehead atoms. The van der Waals surface area contributed by atoms with Crippen molar-refractivity contribution in [2.75, 3.05) is 22.1 Å². The molecule has 35 heavy (non-hydrogen) atoms. The van der Waals surface area contributed by atoms with Crippen LogP contribution in [0.25, 0.3) is 0 Å². The molecular weight excluding hydrogens is 466 g/mol. The molecule has 0 aliphatic carbocycles. The van der Waals surface area contributed by atoms with Crippen molar-refractivity contribution in [3.05, 3.63) is 94.1 Å². The summed E-state index contributed by atoms with van der Waals surface area (Å²) < 4.78 is 5.41. The Labute approximate surface area is 208 Å². The number of hydrogen-bond acceptors (Lipinski definition) is 5. The van der Waals surface area contributed by atoms with Gasteiger partial charge in [-0.2, -0.15) is 0 Å². The summed E-state index contributed by atoms with van der Waals surface area (Å²) in [6.07, 6.45) is 0. The largest absolute Gasteiger partial charge is 0.494 e. The topological polar surface area (TPSA) is 87.7 Å². The molecule has 1 aliphatic rings. The predicted octanol–water partition coefficient (Wildman–Crippen LogP) is 5.39. The van der Waals surface area contributed by atoms with E-state index in [1.54, 1.807) is 54.6 Å². The van der Waals surface area contributed by atoms with Crippen LogP contribution in [0.15, 0.2) is 77.5 Å². The van der Waals surface area contributed by atoms with Gasteiger partial charge < -0.3 is 15.4 Å². The minimum atomic E-state index is -0.600. The van der Waals surface area contributed by atoms with E-state index in [0.717, 1.165) is 16.0 Å². The molecular formula is C27H24ClN3O4. The van der Waals surface area contributed by atoms with Crippen LogP contribution in [0.4, 0.5) is 17.1 Å². The Kier molecular flexibility index (Phi) is 6.89. The quantitative estimate of drug-likeness (QED) is 0.434. The Morgan fingerprint density at radius 2 is 1.69 bits per heavy atom. The molecule has 3 aromatic rings. The van der Waals surface area contributed by atoms with Crippen LogP contribution >= 0.6 is 11.6 Å². The van der Waals surface area contributed by atoms with Gasteiger partial charge in [0.05, 0.1) is 12.3 Å². The number of carbonyl (C=O) groups is 3. The van der Waals surface area contributed by atoms with Gasteiger partial charge >= 0.3 is 0 Å². The summed E-state index contributed by atoms with van der Waals surface area (Å²) >= 11 is 6.27. The van der Waals surface area contributed by atoms with Gasteiger partial charge in [0.15, 0.2) is 0 Å². The second kappa shape index (κ2) is 10.0. The van der Waals surface area contributed by atoms with E-state index in [1.165, 1.54) is 0 Å². The first-order chi connectivity index (χ1) is 16.8. The monoisotopic (exact) mass is 489 g/mol. The zero-order chi connectivity index (χ0) is 25.1. The lowest BCUT2D eigenvalue weighted by atomic mass is 10.1. The summed E-state index contributed by atoms with van der Waals surface area (Å²) in [4.78, 5) is 39.8. The molecule has 0 radical (unpaired) electrons. The second-order valence-electron chi connectivity index (χ2n) is 8.04. The number of benzene rings is 3. The van der Waals surface area contributed by atoms with Crippen LogP contribution in [0.1, 0.15) is 28.4 Å². The van der Waals surface area contributed by atoms with Gasteiger partial charge in [0.1, 0.15) is 16.5 Å². The van der Waals surface area contributed by atoms with E-state index in [0.29, 0.717) is 35.0 Å². The lowest BCUT2D eigenvalue weighted by Crippen LogP contribution is -2.33. The fourth-order valence-corrected chi connectivity index (χ4v) is 3.89. The summed E-state index contributed by atoms with van der Waals surface area (Å²) in [5, 5.41) is 5.54. The van der Waals surface area contributed by atoms with Crippen molar-refractivity contribution in [1.82, 2.24) is 0 Å². The molecule has 0 unspecified atom stereocenters. The average molecular weight is 490 g/mol. The predicted molar refractivity (Wildman–Crippen MR) is 137 cm³/mol. The summed E-state index contributed by atoms with van der Waals surface area (Å²) in [5.41, 5.74) is 3.56. The lowest BCUT2D eigenvalue weighted by Gasteiger charge is -2.18. The molecule has 8 heteroatoms. The molecule has 0 spiro atoms. The van der Waals surface area contributed by atoms with Gasteiger partial charge in [0.25, 0.3) is 17.7 Å². The normalized spacial score (nSPS) is 13.3. The average Bonchev–Trinajstić information content (AvgIpc) is 3.05. The van der Waals surface area contributed by atoms with Gasteiger partial charge in [0, 0.05) is 16.9 Å². The fourth-order valence-electron chi connectivity index (χ4n) is 3.68. The number of nitrogens with zero attached hydrogens (tertiary/aromatic N) is 1. The van der Waals surface area contributed by atoms with Gasteiger partial charge in [-0.15, -0.1) is 0 Å². The van der Waals surface area contributed by atoms with Crippen LogP contribution in [-0.4, -0.2) is 24.3 Å². The third kappa shape index (κ3) is 5.05. The number of hydrogen-bond donors (Lipinski definition) is 2. The van der Waals surface area contributed by atoms with E-state index in [1.807, 2.05) is 32.9 Å². The highest BCUT2D eigenvalue weighted by Crippen LogP contribution is 2.32. The summed E-state index contributed by atoms with van der Waals surface area (Å²) in [7, 11) is 0. The molecule has 7 nitrogen and oxygen atoms in total. The second-order valence-corrected chi connectivity index (χ2v) is 8.42. The van der Waals surface area contributed by atoms with Crippen LogP contribution in [0.5, 0.6) is 5.75 Å². The van der Waals surface area contributed by atoms with E-state index >= 15 is 0 Å². The van der Waals surface area contributed by atoms with E-state index in [4.69, 9.17) is 16.3 Å². The smallest absolute Gasteiger partial charge is 0.283 e. The van der Waals surface area contributed by atoms with Crippen LogP contribution in [0.3, 0.4) is 0 Å². The van der Waals surface area contributed by atoms with Gasteiger partial charge in [-0.3, -0.25) is 14.4 Å². The van der Waals surface area contributed by atoms with Crippen molar-refractivity contribution in [1.29, 1.82) is 0 Å². The zero-order valence-corrected chi connectivity index (χ0v) is 20.3. The third-order valence-electron chi connectivity index (χ3n) is 5.45. The molecule has 178 valence electrons. The molecule has 0 saturated heterocycles. The maximum absolute atomic E-state index is 13.1. The number of halogens is 1. The Morgan fingerprint density at radius 3 is 2.40 bits per heavy atom. The van der Waals surface area contributed by atoms with Gasteiger partial charge in [-0.1, -0.05) is 29.8 Å². The van der Waals surface area contributed by atoms with Crippen molar-refractivity contribution < 1.29 is 19.1 Å². The van der Waals surface area contributed by atoms with Crippen molar-refractivity contribution >= 4 is 46.4 Å². The number of ether oxygens (including phenoxy) is 1. The summed E-state index contributed by atoms with van der Waals surface area (Å²) in [6, 6.07) is 19.2.